The van der Waals surface area contributed by atoms with Crippen molar-refractivity contribution >= 4 is 28.9 Å². The van der Waals surface area contributed by atoms with Gasteiger partial charge in [-0.25, -0.2) is 0 Å². The molecule has 2 bridgehead atoms. The summed E-state index contributed by atoms with van der Waals surface area (Å²) in [6, 6.07) is 7.41. The fourth-order valence-corrected chi connectivity index (χ4v) is 3.52. The van der Waals surface area contributed by atoms with Gasteiger partial charge >= 0.3 is 0 Å². The van der Waals surface area contributed by atoms with Crippen molar-refractivity contribution in [1.82, 2.24) is 4.90 Å². The van der Waals surface area contributed by atoms with Crippen LogP contribution in [0, 0.1) is 0 Å². The first-order valence-electron chi connectivity index (χ1n) is 6.57. The van der Waals surface area contributed by atoms with Gasteiger partial charge in [-0.2, -0.15) is 0 Å². The molecule has 3 rings (SSSR count). The molecule has 0 N–H and O–H groups in total. The predicted molar refractivity (Wildman–Crippen MR) is 77.9 cm³/mol. The zero-order valence-electron chi connectivity index (χ0n) is 10.6. The van der Waals surface area contributed by atoms with Crippen LogP contribution >= 0.6 is 23.2 Å². The van der Waals surface area contributed by atoms with Crippen LogP contribution in [0.1, 0.15) is 19.3 Å². The lowest BCUT2D eigenvalue weighted by molar-refractivity contribution is 0.254. The molecule has 0 aliphatic carbocycles. The van der Waals surface area contributed by atoms with E-state index in [1.54, 1.807) is 0 Å². The van der Waals surface area contributed by atoms with Gasteiger partial charge in [0.1, 0.15) is 0 Å². The third-order valence-electron chi connectivity index (χ3n) is 4.42. The van der Waals surface area contributed by atoms with Gasteiger partial charge in [0.05, 0.1) is 10.0 Å². The molecule has 2 fully saturated rings. The average molecular weight is 285 g/mol. The molecule has 2 heterocycles. The second kappa shape index (κ2) is 4.92. The summed E-state index contributed by atoms with van der Waals surface area (Å²) < 4.78 is 0. The van der Waals surface area contributed by atoms with Crippen LogP contribution in [-0.2, 0) is 0 Å². The third kappa shape index (κ3) is 2.22. The molecule has 2 aliphatic heterocycles. The van der Waals surface area contributed by atoms with Crippen molar-refractivity contribution in [3.8, 4) is 0 Å². The Morgan fingerprint density at radius 3 is 2.61 bits per heavy atom. The van der Waals surface area contributed by atoms with E-state index in [9.17, 15) is 0 Å². The zero-order chi connectivity index (χ0) is 12.7. The van der Waals surface area contributed by atoms with Crippen LogP contribution in [0.5, 0.6) is 0 Å². The lowest BCUT2D eigenvalue weighted by Crippen LogP contribution is -2.36. The number of benzene rings is 1. The molecule has 2 aliphatic rings. The molecule has 0 aromatic heterocycles. The van der Waals surface area contributed by atoms with Crippen LogP contribution in [0.25, 0.3) is 0 Å². The average Bonchev–Trinajstić information content (AvgIpc) is 2.57. The van der Waals surface area contributed by atoms with E-state index in [1.807, 2.05) is 12.1 Å². The molecule has 2 unspecified atom stereocenters. The van der Waals surface area contributed by atoms with E-state index >= 15 is 0 Å². The summed E-state index contributed by atoms with van der Waals surface area (Å²) >= 11 is 12.1. The number of likely N-dealkylation sites (N-methyl/N-ethyl adjacent to an activating group) is 1. The summed E-state index contributed by atoms with van der Waals surface area (Å²) in [5, 5.41) is 1.28. The molecule has 0 radical (unpaired) electrons. The van der Waals surface area contributed by atoms with Gasteiger partial charge in [-0.1, -0.05) is 23.2 Å². The summed E-state index contributed by atoms with van der Waals surface area (Å²) in [4.78, 5) is 5.00. The number of nitrogens with zero attached hydrogens (tertiary/aromatic N) is 2. The summed E-state index contributed by atoms with van der Waals surface area (Å²) in [5.41, 5.74) is 1.20. The van der Waals surface area contributed by atoms with Crippen molar-refractivity contribution in [3.05, 3.63) is 28.2 Å². The molecule has 1 aromatic carbocycles. The molecular formula is C14H18Cl2N2. The Bertz CT molecular complexity index is 449. The van der Waals surface area contributed by atoms with Gasteiger partial charge in [-0.3, -0.25) is 4.90 Å². The van der Waals surface area contributed by atoms with Gasteiger partial charge in [0.25, 0.3) is 0 Å². The van der Waals surface area contributed by atoms with Crippen LogP contribution < -0.4 is 4.90 Å². The minimum absolute atomic E-state index is 0.633. The molecule has 0 amide bonds. The monoisotopic (exact) mass is 284 g/mol. The zero-order valence-corrected chi connectivity index (χ0v) is 12.1. The highest BCUT2D eigenvalue weighted by Crippen LogP contribution is 2.33. The Balaban J connectivity index is 1.82. The van der Waals surface area contributed by atoms with Crippen LogP contribution in [0.4, 0.5) is 5.69 Å². The van der Waals surface area contributed by atoms with Gasteiger partial charge in [0.2, 0.25) is 0 Å². The number of rotatable bonds is 1. The van der Waals surface area contributed by atoms with Crippen molar-refractivity contribution in [2.45, 2.75) is 31.3 Å². The van der Waals surface area contributed by atoms with E-state index in [0.29, 0.717) is 16.1 Å². The Kier molecular flexibility index (Phi) is 3.44. The Morgan fingerprint density at radius 2 is 1.83 bits per heavy atom. The third-order valence-corrected chi connectivity index (χ3v) is 5.16. The molecule has 1 aromatic rings. The first-order chi connectivity index (χ1) is 8.65. The fraction of sp³-hybridized carbons (Fsp3) is 0.571. The highest BCUT2D eigenvalue weighted by molar-refractivity contribution is 6.42. The highest BCUT2D eigenvalue weighted by atomic mass is 35.5. The largest absolute Gasteiger partial charge is 0.370 e. The quantitative estimate of drug-likeness (QED) is 0.777. The molecule has 4 heteroatoms. The normalized spacial score (nSPS) is 28.5. The molecule has 2 atom stereocenters. The molecule has 0 saturated carbocycles. The topological polar surface area (TPSA) is 6.48 Å². The maximum absolute atomic E-state index is 6.11. The van der Waals surface area contributed by atoms with E-state index in [4.69, 9.17) is 23.2 Å². The number of hydrogen-bond acceptors (Lipinski definition) is 2. The number of halogens is 2. The van der Waals surface area contributed by atoms with E-state index < -0.39 is 0 Å². The number of anilines is 1. The maximum Gasteiger partial charge on any atom is 0.0612 e. The van der Waals surface area contributed by atoms with Crippen molar-refractivity contribution in [2.75, 3.05) is 25.0 Å². The van der Waals surface area contributed by atoms with Gasteiger partial charge in [0.15, 0.2) is 0 Å². The van der Waals surface area contributed by atoms with Crippen LogP contribution in [-0.4, -0.2) is 37.1 Å². The van der Waals surface area contributed by atoms with Gasteiger partial charge in [-0.05, 0) is 44.5 Å². The van der Waals surface area contributed by atoms with E-state index in [2.05, 4.69) is 22.9 Å². The molecular weight excluding hydrogens is 267 g/mol. The molecule has 2 nitrogen and oxygen atoms in total. The van der Waals surface area contributed by atoms with Crippen LogP contribution in [0.15, 0.2) is 18.2 Å². The van der Waals surface area contributed by atoms with E-state index in [-0.39, 0.29) is 0 Å². The predicted octanol–water partition coefficient (Wildman–Crippen LogP) is 3.67. The fourth-order valence-electron chi connectivity index (χ4n) is 3.23. The smallest absolute Gasteiger partial charge is 0.0612 e. The number of fused-ring (bicyclic) bond motifs is 2. The lowest BCUT2D eigenvalue weighted by Gasteiger charge is -2.27. The Hall–Kier alpha value is -0.440. The second-order valence-corrected chi connectivity index (χ2v) is 6.20. The Morgan fingerprint density at radius 1 is 1.06 bits per heavy atom. The summed E-state index contributed by atoms with van der Waals surface area (Å²) in [6.45, 7) is 2.22. The van der Waals surface area contributed by atoms with Crippen molar-refractivity contribution in [3.63, 3.8) is 0 Å². The van der Waals surface area contributed by atoms with Crippen molar-refractivity contribution in [2.24, 2.45) is 0 Å². The molecule has 18 heavy (non-hydrogen) atoms. The van der Waals surface area contributed by atoms with E-state index in [1.165, 1.54) is 24.9 Å². The SMILES string of the molecule is CN1C2CCC1CN(c1ccc(Cl)c(Cl)c1)CC2. The Labute approximate surface area is 118 Å². The minimum Gasteiger partial charge on any atom is -0.370 e. The standard InChI is InChI=1S/C14H18Cl2N2/c1-17-10-2-3-12(17)9-18(7-6-10)11-4-5-13(15)14(16)8-11/h4-5,8,10,12H,2-3,6-7,9H2,1H3. The maximum atomic E-state index is 6.11. The molecule has 2 saturated heterocycles. The van der Waals surface area contributed by atoms with Gasteiger partial charge in [0, 0.05) is 30.9 Å². The van der Waals surface area contributed by atoms with E-state index in [0.717, 1.165) is 19.1 Å². The second-order valence-electron chi connectivity index (χ2n) is 5.38. The molecule has 0 spiro atoms. The van der Waals surface area contributed by atoms with Crippen molar-refractivity contribution in [1.29, 1.82) is 0 Å². The highest BCUT2D eigenvalue weighted by Gasteiger charge is 2.34. The number of hydrogen-bond donors (Lipinski definition) is 0. The lowest BCUT2D eigenvalue weighted by atomic mass is 10.1. The molecule has 98 valence electrons. The first-order valence-corrected chi connectivity index (χ1v) is 7.32. The van der Waals surface area contributed by atoms with Crippen LogP contribution in [0.2, 0.25) is 10.0 Å². The minimum atomic E-state index is 0.633. The van der Waals surface area contributed by atoms with Crippen molar-refractivity contribution < 1.29 is 0 Å². The van der Waals surface area contributed by atoms with Crippen LogP contribution in [0.3, 0.4) is 0 Å². The summed E-state index contributed by atoms with van der Waals surface area (Å²) in [7, 11) is 2.26. The summed E-state index contributed by atoms with van der Waals surface area (Å²) in [5.74, 6) is 0. The van der Waals surface area contributed by atoms with Gasteiger partial charge < -0.3 is 4.90 Å². The van der Waals surface area contributed by atoms with Gasteiger partial charge in [-0.15, -0.1) is 0 Å². The summed E-state index contributed by atoms with van der Waals surface area (Å²) in [6.07, 6.45) is 3.92. The first kappa shape index (κ1) is 12.6.